The zero-order chi connectivity index (χ0) is 21.4. The van der Waals surface area contributed by atoms with Gasteiger partial charge in [-0.1, -0.05) is 53.5 Å². The van der Waals surface area contributed by atoms with Gasteiger partial charge in [0.1, 0.15) is 6.61 Å². The van der Waals surface area contributed by atoms with E-state index < -0.39 is 0 Å². The molecule has 0 amide bonds. The fourth-order valence-corrected chi connectivity index (χ4v) is 5.06. The molecule has 31 heavy (non-hydrogen) atoms. The second-order valence-electron chi connectivity index (χ2n) is 7.33. The van der Waals surface area contributed by atoms with E-state index in [1.165, 1.54) is 4.88 Å². The number of benzene rings is 2. The highest BCUT2D eigenvalue weighted by atomic mass is 35.5. The Hall–Kier alpha value is -2.66. The maximum atomic E-state index is 13.3. The zero-order valence-electron chi connectivity index (χ0n) is 16.4. The smallest absolute Gasteiger partial charge is 0.339 e. The quantitative estimate of drug-likeness (QED) is 0.293. The normalized spacial score (nSPS) is 14.2. The van der Waals surface area contributed by atoms with E-state index in [1.807, 2.05) is 30.3 Å². The molecule has 2 heterocycles. The minimum Gasteiger partial charge on any atom is -0.457 e. The Morgan fingerprint density at radius 1 is 1.10 bits per heavy atom. The van der Waals surface area contributed by atoms with Crippen molar-refractivity contribution in [3.8, 4) is 0 Å². The van der Waals surface area contributed by atoms with Gasteiger partial charge in [-0.3, -0.25) is 0 Å². The average Bonchev–Trinajstić information content (AvgIpc) is 3.42. The number of pyridine rings is 1. The first-order valence-electron chi connectivity index (χ1n) is 9.87. The van der Waals surface area contributed by atoms with Crippen molar-refractivity contribution in [2.24, 2.45) is 0 Å². The molecule has 0 N–H and O–H groups in total. The molecule has 0 unspecified atom stereocenters. The number of para-hydroxylation sites is 1. The van der Waals surface area contributed by atoms with Gasteiger partial charge in [0.15, 0.2) is 0 Å². The van der Waals surface area contributed by atoms with Crippen LogP contribution in [0, 0.1) is 0 Å². The summed E-state index contributed by atoms with van der Waals surface area (Å²) < 4.78 is 5.70. The lowest BCUT2D eigenvalue weighted by Crippen LogP contribution is -2.10. The van der Waals surface area contributed by atoms with Crippen molar-refractivity contribution in [3.05, 3.63) is 97.3 Å². The van der Waals surface area contributed by atoms with Crippen LogP contribution in [0.3, 0.4) is 0 Å². The van der Waals surface area contributed by atoms with E-state index in [9.17, 15) is 4.79 Å². The Kier molecular flexibility index (Phi) is 5.53. The molecule has 6 heteroatoms. The SMILES string of the molecule is O=C(OCc1ccc(Cl)cc1Cl)c1c2c(nc3ccccc13)C(=Cc1cccs1)CC2. The van der Waals surface area contributed by atoms with Gasteiger partial charge in [-0.25, -0.2) is 9.78 Å². The van der Waals surface area contributed by atoms with Gasteiger partial charge >= 0.3 is 5.97 Å². The Morgan fingerprint density at radius 3 is 2.77 bits per heavy atom. The summed E-state index contributed by atoms with van der Waals surface area (Å²) in [5.74, 6) is -0.363. The number of allylic oxidation sites excluding steroid dienone is 1. The first-order chi connectivity index (χ1) is 15.1. The molecule has 5 rings (SSSR count). The fraction of sp³-hybridized carbons (Fsp3) is 0.120. The van der Waals surface area contributed by atoms with Crippen LogP contribution in [-0.2, 0) is 17.8 Å². The fourth-order valence-electron chi connectivity index (χ4n) is 3.91. The average molecular weight is 466 g/mol. The number of thiophene rings is 1. The number of rotatable bonds is 4. The molecule has 0 fully saturated rings. The third-order valence-corrected chi connectivity index (χ3v) is 6.79. The minimum atomic E-state index is -0.363. The number of fused-ring (bicyclic) bond motifs is 2. The summed E-state index contributed by atoms with van der Waals surface area (Å²) >= 11 is 13.9. The van der Waals surface area contributed by atoms with Crippen molar-refractivity contribution >= 4 is 63.1 Å². The summed E-state index contributed by atoms with van der Waals surface area (Å²) in [5.41, 5.74) is 5.10. The maximum Gasteiger partial charge on any atom is 0.339 e. The van der Waals surface area contributed by atoms with Crippen molar-refractivity contribution in [3.63, 3.8) is 0 Å². The van der Waals surface area contributed by atoms with Crippen LogP contribution >= 0.6 is 34.5 Å². The van der Waals surface area contributed by atoms with E-state index in [4.69, 9.17) is 32.9 Å². The third kappa shape index (κ3) is 3.99. The number of esters is 1. The van der Waals surface area contributed by atoms with Gasteiger partial charge < -0.3 is 4.74 Å². The number of nitrogens with zero attached hydrogens (tertiary/aromatic N) is 1. The summed E-state index contributed by atoms with van der Waals surface area (Å²) in [6.07, 6.45) is 3.78. The summed E-state index contributed by atoms with van der Waals surface area (Å²) in [5, 5.41) is 3.89. The van der Waals surface area contributed by atoms with Gasteiger partial charge in [0, 0.05) is 25.9 Å². The topological polar surface area (TPSA) is 39.2 Å². The maximum absolute atomic E-state index is 13.3. The van der Waals surface area contributed by atoms with Gasteiger partial charge in [0.05, 0.1) is 16.8 Å². The largest absolute Gasteiger partial charge is 0.457 e. The standard InChI is InChI=1S/C25H17Cl2NO2S/c26-17-9-7-16(21(27)13-17)14-30-25(29)23-19-5-1-2-6-22(19)28-24-15(8-10-20(23)24)12-18-4-3-11-31-18/h1-7,9,11-13H,8,10,14H2. The molecule has 2 aromatic heterocycles. The second kappa shape index (κ2) is 8.46. The van der Waals surface area contributed by atoms with Crippen LogP contribution in [0.25, 0.3) is 22.6 Å². The molecular weight excluding hydrogens is 449 g/mol. The summed E-state index contributed by atoms with van der Waals surface area (Å²) in [6.45, 7) is 0.0815. The summed E-state index contributed by atoms with van der Waals surface area (Å²) in [7, 11) is 0. The van der Waals surface area contributed by atoms with E-state index >= 15 is 0 Å². The van der Waals surface area contributed by atoms with Gasteiger partial charge in [-0.15, -0.1) is 11.3 Å². The van der Waals surface area contributed by atoms with E-state index in [2.05, 4.69) is 17.5 Å². The van der Waals surface area contributed by atoms with Crippen molar-refractivity contribution in [1.82, 2.24) is 4.98 Å². The van der Waals surface area contributed by atoms with Crippen LogP contribution in [-0.4, -0.2) is 11.0 Å². The molecule has 0 saturated carbocycles. The number of hydrogen-bond donors (Lipinski definition) is 0. The second-order valence-corrected chi connectivity index (χ2v) is 9.15. The lowest BCUT2D eigenvalue weighted by Gasteiger charge is -2.13. The molecule has 0 spiro atoms. The van der Waals surface area contributed by atoms with Crippen LogP contribution in [0.15, 0.2) is 60.0 Å². The molecule has 0 aliphatic heterocycles. The van der Waals surface area contributed by atoms with E-state index in [0.717, 1.165) is 40.6 Å². The molecule has 0 bridgehead atoms. The first kappa shape index (κ1) is 20.3. The molecule has 0 atom stereocenters. The molecule has 1 aliphatic carbocycles. The van der Waals surface area contributed by atoms with E-state index in [-0.39, 0.29) is 12.6 Å². The zero-order valence-corrected chi connectivity index (χ0v) is 18.7. The van der Waals surface area contributed by atoms with Gasteiger partial charge in [-0.2, -0.15) is 0 Å². The first-order valence-corrected chi connectivity index (χ1v) is 11.5. The Labute approximate surface area is 193 Å². The lowest BCUT2D eigenvalue weighted by molar-refractivity contribution is 0.0474. The number of halogens is 2. The summed E-state index contributed by atoms with van der Waals surface area (Å²) in [6, 6.07) is 17.0. The summed E-state index contributed by atoms with van der Waals surface area (Å²) in [4.78, 5) is 19.3. The Balaban J connectivity index is 1.54. The Bertz CT molecular complexity index is 1330. The third-order valence-electron chi connectivity index (χ3n) is 5.38. The van der Waals surface area contributed by atoms with E-state index in [0.29, 0.717) is 21.2 Å². The molecule has 0 radical (unpaired) electrons. The molecule has 0 saturated heterocycles. The number of ether oxygens (including phenoxy) is 1. The van der Waals surface area contributed by atoms with Crippen molar-refractivity contribution in [1.29, 1.82) is 0 Å². The number of hydrogen-bond acceptors (Lipinski definition) is 4. The van der Waals surface area contributed by atoms with E-state index in [1.54, 1.807) is 29.5 Å². The van der Waals surface area contributed by atoms with Crippen LogP contribution in [0.5, 0.6) is 0 Å². The highest BCUT2D eigenvalue weighted by Crippen LogP contribution is 2.38. The molecular formula is C25H17Cl2NO2S. The van der Waals surface area contributed by atoms with Crippen LogP contribution in [0.4, 0.5) is 0 Å². The lowest BCUT2D eigenvalue weighted by atomic mass is 10.0. The molecule has 154 valence electrons. The highest BCUT2D eigenvalue weighted by molar-refractivity contribution is 7.10. The number of carbonyl (C=O) groups is 1. The van der Waals surface area contributed by atoms with Crippen LogP contribution in [0.1, 0.15) is 38.5 Å². The van der Waals surface area contributed by atoms with Crippen LogP contribution in [0.2, 0.25) is 10.0 Å². The predicted octanol–water partition coefficient (Wildman–Crippen LogP) is 7.45. The van der Waals surface area contributed by atoms with Crippen molar-refractivity contribution in [2.75, 3.05) is 0 Å². The molecule has 3 nitrogen and oxygen atoms in total. The van der Waals surface area contributed by atoms with Crippen molar-refractivity contribution < 1.29 is 9.53 Å². The predicted molar refractivity (Wildman–Crippen MR) is 128 cm³/mol. The van der Waals surface area contributed by atoms with Gasteiger partial charge in [0.25, 0.3) is 0 Å². The minimum absolute atomic E-state index is 0.0815. The molecule has 4 aromatic rings. The van der Waals surface area contributed by atoms with Crippen molar-refractivity contribution in [2.45, 2.75) is 19.4 Å². The number of aromatic nitrogens is 1. The van der Waals surface area contributed by atoms with Gasteiger partial charge in [0.2, 0.25) is 0 Å². The van der Waals surface area contributed by atoms with Crippen LogP contribution < -0.4 is 0 Å². The van der Waals surface area contributed by atoms with Gasteiger partial charge in [-0.05, 0) is 59.7 Å². The number of carbonyl (C=O) groups excluding carboxylic acids is 1. The molecule has 1 aliphatic rings. The monoisotopic (exact) mass is 465 g/mol. The molecule has 2 aromatic carbocycles. The Morgan fingerprint density at radius 2 is 1.97 bits per heavy atom. The highest BCUT2D eigenvalue weighted by Gasteiger charge is 2.27.